The third-order valence-corrected chi connectivity index (χ3v) is 6.55. The molecule has 10 heteroatoms. The van der Waals surface area contributed by atoms with Crippen LogP contribution in [-0.4, -0.2) is 39.3 Å². The molecule has 0 atom stereocenters. The molecule has 0 spiro atoms. The lowest BCUT2D eigenvalue weighted by molar-refractivity contribution is 0.0958. The number of amides is 1. The Labute approximate surface area is 217 Å². The number of ether oxygens (including phenoxy) is 2. The van der Waals surface area contributed by atoms with Crippen LogP contribution in [-0.2, 0) is 14.8 Å². The Hall–Kier alpha value is -3.47. The van der Waals surface area contributed by atoms with Gasteiger partial charge >= 0.3 is 0 Å². The Balaban J connectivity index is 1.61. The van der Waals surface area contributed by atoms with E-state index in [0.29, 0.717) is 42.5 Å². The van der Waals surface area contributed by atoms with Gasteiger partial charge in [0.05, 0.1) is 17.1 Å². The van der Waals surface area contributed by atoms with Crippen LogP contribution in [0.3, 0.4) is 0 Å². The van der Waals surface area contributed by atoms with Crippen molar-refractivity contribution in [3.05, 3.63) is 83.4 Å². The second kappa shape index (κ2) is 12.5. The molecule has 0 bridgehead atoms. The maximum absolute atomic E-state index is 12.8. The molecule has 3 aromatic carbocycles. The van der Waals surface area contributed by atoms with Crippen molar-refractivity contribution in [3.8, 4) is 5.75 Å². The van der Waals surface area contributed by atoms with Crippen molar-refractivity contribution in [2.45, 2.75) is 25.7 Å². The molecule has 0 radical (unpaired) electrons. The lowest BCUT2D eigenvalue weighted by Gasteiger charge is -2.13. The molecule has 190 valence electrons. The molecule has 0 unspecified atom stereocenters. The topological polar surface area (TPSA) is 106 Å². The summed E-state index contributed by atoms with van der Waals surface area (Å²) in [6, 6.07) is 18.4. The third kappa shape index (κ3) is 7.77. The maximum atomic E-state index is 12.8. The van der Waals surface area contributed by atoms with Gasteiger partial charge in [0.1, 0.15) is 12.4 Å². The first kappa shape index (κ1) is 27.1. The van der Waals surface area contributed by atoms with E-state index in [1.807, 2.05) is 26.8 Å². The van der Waals surface area contributed by atoms with E-state index in [9.17, 15) is 13.2 Å². The summed E-state index contributed by atoms with van der Waals surface area (Å²) >= 11 is 5.26. The fourth-order valence-corrected chi connectivity index (χ4v) is 4.68. The van der Waals surface area contributed by atoms with E-state index in [-0.39, 0.29) is 10.0 Å². The van der Waals surface area contributed by atoms with E-state index in [1.165, 1.54) is 12.1 Å². The quantitative estimate of drug-likeness (QED) is 0.260. The predicted molar refractivity (Wildman–Crippen MR) is 145 cm³/mol. The van der Waals surface area contributed by atoms with Crippen LogP contribution in [0.4, 0.5) is 11.4 Å². The Kier molecular flexibility index (Phi) is 9.40. The molecule has 0 aromatic heterocycles. The molecular weight excluding hydrogens is 498 g/mol. The molecule has 0 saturated heterocycles. The Morgan fingerprint density at radius 2 is 1.58 bits per heavy atom. The Morgan fingerprint density at radius 3 is 2.25 bits per heavy atom. The van der Waals surface area contributed by atoms with Crippen molar-refractivity contribution in [1.82, 2.24) is 5.32 Å². The smallest absolute Gasteiger partial charge is 0.261 e. The zero-order valence-corrected chi connectivity index (χ0v) is 22.0. The molecule has 0 aliphatic carbocycles. The van der Waals surface area contributed by atoms with Crippen molar-refractivity contribution >= 4 is 44.6 Å². The van der Waals surface area contributed by atoms with Crippen molar-refractivity contribution in [3.63, 3.8) is 0 Å². The summed E-state index contributed by atoms with van der Waals surface area (Å²) in [6.07, 6.45) is 0. The fourth-order valence-electron chi connectivity index (χ4n) is 3.43. The van der Waals surface area contributed by atoms with Crippen LogP contribution in [0.1, 0.15) is 28.4 Å². The van der Waals surface area contributed by atoms with Crippen LogP contribution in [0.15, 0.2) is 71.6 Å². The lowest BCUT2D eigenvalue weighted by atomic mass is 10.1. The summed E-state index contributed by atoms with van der Waals surface area (Å²) in [6.45, 7) is 7.02. The van der Waals surface area contributed by atoms with Crippen LogP contribution < -0.4 is 20.1 Å². The van der Waals surface area contributed by atoms with Crippen molar-refractivity contribution < 1.29 is 22.7 Å². The molecule has 0 aliphatic rings. The van der Waals surface area contributed by atoms with Gasteiger partial charge in [-0.1, -0.05) is 18.2 Å². The molecule has 0 aliphatic heterocycles. The molecule has 3 rings (SSSR count). The van der Waals surface area contributed by atoms with E-state index in [1.54, 1.807) is 48.5 Å². The van der Waals surface area contributed by atoms with Crippen molar-refractivity contribution in [2.24, 2.45) is 0 Å². The highest BCUT2D eigenvalue weighted by atomic mass is 32.2. The minimum atomic E-state index is -3.77. The van der Waals surface area contributed by atoms with E-state index in [4.69, 9.17) is 21.7 Å². The lowest BCUT2D eigenvalue weighted by Crippen LogP contribution is -2.34. The zero-order valence-electron chi connectivity index (χ0n) is 20.3. The summed E-state index contributed by atoms with van der Waals surface area (Å²) < 4.78 is 39.0. The van der Waals surface area contributed by atoms with Gasteiger partial charge in [0.25, 0.3) is 15.9 Å². The first-order chi connectivity index (χ1) is 17.2. The molecular formula is C26H29N3O5S2. The maximum Gasteiger partial charge on any atom is 0.261 e. The molecule has 8 nitrogen and oxygen atoms in total. The van der Waals surface area contributed by atoms with Gasteiger partial charge in [-0.2, -0.15) is 0 Å². The predicted octanol–water partition coefficient (Wildman–Crippen LogP) is 4.65. The summed E-state index contributed by atoms with van der Waals surface area (Å²) in [5, 5.41) is 5.57. The van der Waals surface area contributed by atoms with E-state index in [2.05, 4.69) is 15.4 Å². The number of hydrogen-bond acceptors (Lipinski definition) is 6. The number of aryl methyl sites for hydroxylation is 2. The monoisotopic (exact) mass is 527 g/mol. The average molecular weight is 528 g/mol. The number of carbonyl (C=O) groups excluding carboxylic acids is 1. The summed E-state index contributed by atoms with van der Waals surface area (Å²) in [7, 11) is -3.77. The summed E-state index contributed by atoms with van der Waals surface area (Å²) in [4.78, 5) is 12.8. The van der Waals surface area contributed by atoms with E-state index < -0.39 is 15.9 Å². The molecule has 3 N–H and O–H groups in total. The molecule has 1 amide bonds. The minimum absolute atomic E-state index is 0.0630. The molecule has 36 heavy (non-hydrogen) atoms. The fraction of sp³-hybridized carbons (Fsp3) is 0.231. The van der Waals surface area contributed by atoms with Crippen LogP contribution in [0.2, 0.25) is 0 Å². The van der Waals surface area contributed by atoms with Gasteiger partial charge < -0.3 is 14.8 Å². The standard InChI is InChI=1S/C26H29N3O5S2/c1-4-33-13-14-34-24-8-6-5-7-23(24)25(30)28-26(35)27-20-9-11-22(12-10-20)36(31,32)29-21-16-18(2)15-19(3)17-21/h5-12,15-17,29H,4,13-14H2,1-3H3,(H2,27,28,30,35). The van der Waals surface area contributed by atoms with Gasteiger partial charge in [0, 0.05) is 18.0 Å². The third-order valence-electron chi connectivity index (χ3n) is 4.94. The second-order valence-corrected chi connectivity index (χ2v) is 10.0. The number of thiocarbonyl (C=S) groups is 1. The van der Waals surface area contributed by atoms with Crippen molar-refractivity contribution in [2.75, 3.05) is 29.9 Å². The van der Waals surface area contributed by atoms with Gasteiger partial charge in [-0.3, -0.25) is 14.8 Å². The van der Waals surface area contributed by atoms with Crippen LogP contribution >= 0.6 is 12.2 Å². The number of anilines is 2. The van der Waals surface area contributed by atoms with Crippen molar-refractivity contribution in [1.29, 1.82) is 0 Å². The van der Waals surface area contributed by atoms with E-state index in [0.717, 1.165) is 11.1 Å². The number of rotatable bonds is 10. The number of carbonyl (C=O) groups is 1. The highest BCUT2D eigenvalue weighted by molar-refractivity contribution is 7.92. The van der Waals surface area contributed by atoms with Gasteiger partial charge in [-0.05, 0) is 92.6 Å². The largest absolute Gasteiger partial charge is 0.490 e. The first-order valence-electron chi connectivity index (χ1n) is 11.3. The van der Waals surface area contributed by atoms with Gasteiger partial charge in [0.2, 0.25) is 0 Å². The highest BCUT2D eigenvalue weighted by Crippen LogP contribution is 2.21. The second-order valence-electron chi connectivity index (χ2n) is 7.96. The zero-order chi connectivity index (χ0) is 26.1. The summed E-state index contributed by atoms with van der Waals surface area (Å²) in [5.41, 5.74) is 3.27. The normalized spacial score (nSPS) is 11.0. The number of hydrogen-bond donors (Lipinski definition) is 3. The first-order valence-corrected chi connectivity index (χ1v) is 13.2. The molecule has 3 aromatic rings. The number of nitrogens with one attached hydrogen (secondary N) is 3. The minimum Gasteiger partial charge on any atom is -0.490 e. The Morgan fingerprint density at radius 1 is 0.917 bits per heavy atom. The summed E-state index contributed by atoms with van der Waals surface area (Å²) in [5.74, 6) is -0.0141. The van der Waals surface area contributed by atoms with Gasteiger partial charge in [-0.15, -0.1) is 0 Å². The Bertz CT molecular complexity index is 1310. The van der Waals surface area contributed by atoms with Crippen LogP contribution in [0.25, 0.3) is 0 Å². The molecule has 0 heterocycles. The molecule has 0 fully saturated rings. The average Bonchev–Trinajstić information content (AvgIpc) is 2.81. The molecule has 0 saturated carbocycles. The number of benzene rings is 3. The number of sulfonamides is 1. The van der Waals surface area contributed by atoms with E-state index >= 15 is 0 Å². The van der Waals surface area contributed by atoms with Gasteiger partial charge in [-0.25, -0.2) is 8.42 Å². The number of para-hydroxylation sites is 1. The van der Waals surface area contributed by atoms with Crippen LogP contribution in [0.5, 0.6) is 5.75 Å². The van der Waals surface area contributed by atoms with Gasteiger partial charge in [0.15, 0.2) is 5.11 Å². The SMILES string of the molecule is CCOCCOc1ccccc1C(=O)NC(=S)Nc1ccc(S(=O)(=O)Nc2cc(C)cc(C)c2)cc1. The van der Waals surface area contributed by atoms with Crippen LogP contribution in [0, 0.1) is 13.8 Å². The highest BCUT2D eigenvalue weighted by Gasteiger charge is 2.16.